The number of aryl methyl sites for hydroxylation is 6. The number of allylic oxidation sites excluding steroid dienone is 4. The van der Waals surface area contributed by atoms with Gasteiger partial charge < -0.3 is 34.0 Å². The molecule has 0 aliphatic carbocycles. The number of halogens is 2. The summed E-state index contributed by atoms with van der Waals surface area (Å²) in [6.07, 6.45) is 20.7. The summed E-state index contributed by atoms with van der Waals surface area (Å²) < 4.78 is 4.71. The molecule has 30 heavy (non-hydrogen) atoms. The van der Waals surface area contributed by atoms with Gasteiger partial charge in [0.25, 0.3) is 0 Å². The second-order valence-corrected chi connectivity index (χ2v) is 7.93. The van der Waals surface area contributed by atoms with Crippen molar-refractivity contribution in [1.29, 1.82) is 0 Å². The Balaban J connectivity index is 0.00000420. The lowest BCUT2D eigenvalue weighted by atomic mass is 10.2. The highest BCUT2D eigenvalue weighted by Crippen LogP contribution is 2.02. The fourth-order valence-electron chi connectivity index (χ4n) is 3.51. The first-order valence-corrected chi connectivity index (χ1v) is 10.8. The van der Waals surface area contributed by atoms with Crippen LogP contribution in [0, 0.1) is 27.7 Å². The molecule has 0 radical (unpaired) electrons. The third-order valence-electron chi connectivity index (χ3n) is 5.24. The maximum atomic E-state index is 2.35. The minimum absolute atomic E-state index is 0. The summed E-state index contributed by atoms with van der Waals surface area (Å²) in [4.78, 5) is 0. The maximum Gasteiger partial charge on any atom is 0.178 e. The van der Waals surface area contributed by atoms with E-state index in [1.54, 1.807) is 0 Å². The molecule has 0 aliphatic rings. The Morgan fingerprint density at radius 1 is 0.633 bits per heavy atom. The molecule has 0 bridgehead atoms. The van der Waals surface area contributed by atoms with Gasteiger partial charge in [-0.1, -0.05) is 24.3 Å². The van der Waals surface area contributed by atoms with Gasteiger partial charge in [-0.2, -0.15) is 0 Å². The molecule has 166 valence electrons. The summed E-state index contributed by atoms with van der Waals surface area (Å²) >= 11 is 0. The molecule has 0 aliphatic heterocycles. The van der Waals surface area contributed by atoms with Crippen LogP contribution in [0.4, 0.5) is 0 Å². The van der Waals surface area contributed by atoms with E-state index in [9.17, 15) is 0 Å². The van der Waals surface area contributed by atoms with E-state index in [4.69, 9.17) is 0 Å². The largest absolute Gasteiger partial charge is 1.00 e. The van der Waals surface area contributed by atoms with Crippen LogP contribution in [0.2, 0.25) is 0 Å². The van der Waals surface area contributed by atoms with Gasteiger partial charge in [0.05, 0.1) is 0 Å². The van der Waals surface area contributed by atoms with E-state index in [-0.39, 0.29) is 34.0 Å². The molecule has 0 fully saturated rings. The molecular formula is C26H38Br2N2. The molecule has 0 saturated carbocycles. The van der Waals surface area contributed by atoms with Gasteiger partial charge in [0.1, 0.15) is 13.1 Å². The number of hydrogen-bond donors (Lipinski definition) is 0. The van der Waals surface area contributed by atoms with E-state index in [0.717, 1.165) is 13.1 Å². The van der Waals surface area contributed by atoms with Crippen molar-refractivity contribution < 1.29 is 43.1 Å². The van der Waals surface area contributed by atoms with Crippen molar-refractivity contribution in [3.63, 3.8) is 0 Å². The third-order valence-corrected chi connectivity index (χ3v) is 5.24. The van der Waals surface area contributed by atoms with E-state index < -0.39 is 0 Å². The Kier molecular flexibility index (Phi) is 15.7. The van der Waals surface area contributed by atoms with Crippen molar-refractivity contribution in [3.8, 4) is 0 Å². The highest BCUT2D eigenvalue weighted by molar-refractivity contribution is 5.09. The number of aromatic nitrogens is 2. The quantitative estimate of drug-likeness (QED) is 0.210. The predicted molar refractivity (Wildman–Crippen MR) is 118 cm³/mol. The topological polar surface area (TPSA) is 7.76 Å². The summed E-state index contributed by atoms with van der Waals surface area (Å²) in [7, 11) is 0. The fraction of sp³-hybridized carbons (Fsp3) is 0.462. The minimum Gasteiger partial charge on any atom is -1.00 e. The highest BCUT2D eigenvalue weighted by atomic mass is 79.9. The Morgan fingerprint density at radius 2 is 1.03 bits per heavy atom. The van der Waals surface area contributed by atoms with Gasteiger partial charge in [0.2, 0.25) is 0 Å². The average Bonchev–Trinajstić information content (AvgIpc) is 2.65. The number of rotatable bonds is 11. The zero-order valence-electron chi connectivity index (χ0n) is 19.1. The Labute approximate surface area is 205 Å². The second kappa shape index (κ2) is 16.4. The summed E-state index contributed by atoms with van der Waals surface area (Å²) in [5.74, 6) is 0. The molecule has 0 atom stereocenters. The van der Waals surface area contributed by atoms with Crippen LogP contribution in [-0.4, -0.2) is 0 Å². The summed E-state index contributed by atoms with van der Waals surface area (Å²) in [6, 6.07) is 8.90. The fourth-order valence-corrected chi connectivity index (χ4v) is 3.51. The molecule has 2 heterocycles. The Bertz CT molecular complexity index is 730. The molecule has 0 aromatic carbocycles. The normalized spacial score (nSPS) is 10.9. The van der Waals surface area contributed by atoms with Gasteiger partial charge in [0, 0.05) is 51.0 Å². The molecule has 0 unspecified atom stereocenters. The second-order valence-electron chi connectivity index (χ2n) is 7.93. The maximum absolute atomic E-state index is 2.35. The van der Waals surface area contributed by atoms with Crippen molar-refractivity contribution in [2.75, 3.05) is 0 Å². The molecule has 2 nitrogen and oxygen atoms in total. The zero-order valence-corrected chi connectivity index (χ0v) is 22.3. The Morgan fingerprint density at radius 3 is 1.40 bits per heavy atom. The van der Waals surface area contributed by atoms with E-state index in [1.807, 2.05) is 0 Å². The predicted octanol–water partition coefficient (Wildman–Crippen LogP) is -0.344. The zero-order chi connectivity index (χ0) is 20.2. The van der Waals surface area contributed by atoms with Crippen LogP contribution in [0.1, 0.15) is 61.0 Å². The summed E-state index contributed by atoms with van der Waals surface area (Å²) in [6.45, 7) is 10.9. The lowest BCUT2D eigenvalue weighted by Gasteiger charge is -2.01. The minimum atomic E-state index is 0. The van der Waals surface area contributed by atoms with Crippen molar-refractivity contribution in [2.45, 2.75) is 79.3 Å². The smallest absolute Gasteiger partial charge is 0.178 e. The monoisotopic (exact) mass is 536 g/mol. The molecule has 0 spiro atoms. The molecule has 2 aromatic heterocycles. The summed E-state index contributed by atoms with van der Waals surface area (Å²) in [5, 5.41) is 0. The molecule has 0 amide bonds. The van der Waals surface area contributed by atoms with Crippen molar-refractivity contribution in [3.05, 3.63) is 83.5 Å². The molecular weight excluding hydrogens is 500 g/mol. The van der Waals surface area contributed by atoms with E-state index in [0.29, 0.717) is 0 Å². The molecule has 2 rings (SSSR count). The van der Waals surface area contributed by atoms with Gasteiger partial charge >= 0.3 is 0 Å². The van der Waals surface area contributed by atoms with Crippen LogP contribution < -0.4 is 43.1 Å². The first-order chi connectivity index (χ1) is 13.6. The first kappa shape index (κ1) is 28.7. The third kappa shape index (κ3) is 11.2. The first-order valence-electron chi connectivity index (χ1n) is 10.8. The standard InChI is InChI=1S/C26H38N2.2BrH/c1-23-15-19-27(25(3)21-23)17-13-11-9-7-5-6-8-10-12-14-18-28-20-16-24(2)22-26(28)4;;/h5-8,15-16,19-22H,9-14,17-18H2,1-4H3;2*1H/q+2;;/p-2. The van der Waals surface area contributed by atoms with Crippen molar-refractivity contribution >= 4 is 0 Å². The van der Waals surface area contributed by atoms with Crippen LogP contribution in [0.3, 0.4) is 0 Å². The van der Waals surface area contributed by atoms with E-state index in [2.05, 4.69) is 97.8 Å². The van der Waals surface area contributed by atoms with Crippen molar-refractivity contribution in [1.82, 2.24) is 0 Å². The molecule has 2 aromatic rings. The van der Waals surface area contributed by atoms with Gasteiger partial charge in [-0.3, -0.25) is 0 Å². The molecule has 0 N–H and O–H groups in total. The van der Waals surface area contributed by atoms with Gasteiger partial charge in [-0.15, -0.1) is 0 Å². The van der Waals surface area contributed by atoms with Gasteiger partial charge in [-0.25, -0.2) is 9.13 Å². The SMILES string of the molecule is Cc1cc[n+](CCCCC=CC=CCCCC[n+]2ccc(C)cc2C)c(C)c1.[Br-].[Br-]. The number of unbranched alkanes of at least 4 members (excludes halogenated alkanes) is 4. The van der Waals surface area contributed by atoms with Crippen LogP contribution in [0.25, 0.3) is 0 Å². The van der Waals surface area contributed by atoms with Crippen molar-refractivity contribution in [2.24, 2.45) is 0 Å². The number of pyridine rings is 2. The number of nitrogens with zero attached hydrogens (tertiary/aromatic N) is 2. The van der Waals surface area contributed by atoms with Crippen LogP contribution in [0.5, 0.6) is 0 Å². The van der Waals surface area contributed by atoms with E-state index in [1.165, 1.54) is 61.0 Å². The lowest BCUT2D eigenvalue weighted by molar-refractivity contribution is -0.703. The van der Waals surface area contributed by atoms with Gasteiger partial charge in [-0.05, 0) is 50.7 Å². The number of hydrogen-bond acceptors (Lipinski definition) is 0. The van der Waals surface area contributed by atoms with Crippen LogP contribution in [-0.2, 0) is 13.1 Å². The lowest BCUT2D eigenvalue weighted by Crippen LogP contribution is -3.00. The molecule has 0 saturated heterocycles. The van der Waals surface area contributed by atoms with E-state index >= 15 is 0 Å². The summed E-state index contributed by atoms with van der Waals surface area (Å²) in [5.41, 5.74) is 5.39. The van der Waals surface area contributed by atoms with Crippen LogP contribution >= 0.6 is 0 Å². The highest BCUT2D eigenvalue weighted by Gasteiger charge is 2.05. The Hall–Kier alpha value is -1.26. The molecule has 4 heteroatoms. The van der Waals surface area contributed by atoms with Gasteiger partial charge in [0.15, 0.2) is 23.8 Å². The van der Waals surface area contributed by atoms with Crippen LogP contribution in [0.15, 0.2) is 61.0 Å². The average molecular weight is 538 g/mol.